The Morgan fingerprint density at radius 3 is 2.72 bits per heavy atom. The van der Waals surface area contributed by atoms with E-state index in [0.29, 0.717) is 11.6 Å². The minimum atomic E-state index is 0.488. The van der Waals surface area contributed by atoms with E-state index in [4.69, 9.17) is 12.6 Å². The van der Waals surface area contributed by atoms with Crippen LogP contribution >= 0.6 is 12.6 Å². The molecule has 0 amide bonds. The third-order valence-electron chi connectivity index (χ3n) is 5.36. The Balaban J connectivity index is 2.27. The first kappa shape index (κ1) is 20.2. The van der Waals surface area contributed by atoms with Crippen molar-refractivity contribution < 1.29 is 0 Å². The fourth-order valence-electron chi connectivity index (χ4n) is 3.80. The van der Waals surface area contributed by atoms with Crippen molar-refractivity contribution in [2.24, 2.45) is 0 Å². The molecule has 1 radical (unpaired) electrons. The lowest BCUT2D eigenvalue weighted by atomic mass is 9.50. The number of allylic oxidation sites excluding steroid dienone is 5. The Morgan fingerprint density at radius 2 is 2.12 bits per heavy atom. The highest BCUT2D eigenvalue weighted by Gasteiger charge is 2.20. The number of thiol groups is 1. The van der Waals surface area contributed by atoms with Gasteiger partial charge in [0.15, 0.2) is 0 Å². The van der Waals surface area contributed by atoms with Gasteiger partial charge in [0, 0.05) is 4.90 Å². The molecule has 0 saturated heterocycles. The van der Waals surface area contributed by atoms with Gasteiger partial charge in [-0.25, -0.2) is 0 Å². The highest BCUT2D eigenvalue weighted by molar-refractivity contribution is 7.80. The van der Waals surface area contributed by atoms with Crippen LogP contribution in [0.4, 0.5) is 0 Å². The highest BCUT2D eigenvalue weighted by Crippen LogP contribution is 2.33. The molecule has 0 N–H and O–H groups in total. The fraction of sp³-hybridized carbons (Fsp3) is 0.478. The van der Waals surface area contributed by atoms with Crippen LogP contribution < -0.4 is 0 Å². The topological polar surface area (TPSA) is 0 Å². The van der Waals surface area contributed by atoms with Crippen molar-refractivity contribution in [1.29, 1.82) is 0 Å². The predicted octanol–water partition coefficient (Wildman–Crippen LogP) is 7.03. The van der Waals surface area contributed by atoms with E-state index in [9.17, 15) is 0 Å². The lowest BCUT2D eigenvalue weighted by Crippen LogP contribution is -2.15. The van der Waals surface area contributed by atoms with E-state index in [0.717, 1.165) is 24.2 Å². The summed E-state index contributed by atoms with van der Waals surface area (Å²) in [5.74, 6) is 0.988. The standard InChI is InChI=1S/C23H32BS/c1-5-11-19(6-2)24-22(7-3)20-14-15-23(25)21(17(20)4)16-18-12-9-8-10-13-18/h6,8-9,12,14-15,19,22,25H,2,5,7,10-11,13,16H2,1,3-4H3/t19-,22?/m0/s1. The second-order valence-electron chi connectivity index (χ2n) is 7.14. The van der Waals surface area contributed by atoms with Crippen LogP contribution in [0.25, 0.3) is 0 Å². The van der Waals surface area contributed by atoms with E-state index in [-0.39, 0.29) is 0 Å². The lowest BCUT2D eigenvalue weighted by Gasteiger charge is -2.24. The first-order valence-electron chi connectivity index (χ1n) is 9.74. The second kappa shape index (κ2) is 10.1. The van der Waals surface area contributed by atoms with Crippen LogP contribution in [-0.4, -0.2) is 7.28 Å². The molecular formula is C23H32BS. The zero-order valence-electron chi connectivity index (χ0n) is 16.1. The minimum absolute atomic E-state index is 0.488. The molecule has 2 atom stereocenters. The van der Waals surface area contributed by atoms with Gasteiger partial charge in [0.1, 0.15) is 7.28 Å². The SMILES string of the molecule is C=C[C@H]([B]C(CC)c1ccc(S)c(CC2=CC=CCC2)c1C)CCC. The molecule has 1 aliphatic rings. The van der Waals surface area contributed by atoms with Gasteiger partial charge in [-0.15, -0.1) is 19.2 Å². The Labute approximate surface area is 161 Å². The van der Waals surface area contributed by atoms with Crippen molar-refractivity contribution in [2.45, 2.75) is 75.8 Å². The lowest BCUT2D eigenvalue weighted by molar-refractivity contribution is 0.774. The van der Waals surface area contributed by atoms with Crippen LogP contribution in [0.3, 0.4) is 0 Å². The fourth-order valence-corrected chi connectivity index (χ4v) is 4.12. The molecule has 0 spiro atoms. The summed E-state index contributed by atoms with van der Waals surface area (Å²) in [5, 5.41) is 0. The molecule has 0 fully saturated rings. The number of hydrogen-bond donors (Lipinski definition) is 1. The Morgan fingerprint density at radius 1 is 1.32 bits per heavy atom. The molecule has 25 heavy (non-hydrogen) atoms. The molecule has 1 aromatic rings. The summed E-state index contributed by atoms with van der Waals surface area (Å²) in [6.45, 7) is 10.8. The zero-order valence-corrected chi connectivity index (χ0v) is 17.0. The normalized spacial score (nSPS) is 16.2. The summed E-state index contributed by atoms with van der Waals surface area (Å²) in [6, 6.07) is 4.48. The number of hydrogen-bond acceptors (Lipinski definition) is 1. The van der Waals surface area contributed by atoms with Gasteiger partial charge in [0.25, 0.3) is 0 Å². The third-order valence-corrected chi connectivity index (χ3v) is 5.78. The first-order chi connectivity index (χ1) is 12.1. The summed E-state index contributed by atoms with van der Waals surface area (Å²) < 4.78 is 0. The molecule has 1 unspecified atom stereocenters. The highest BCUT2D eigenvalue weighted by atomic mass is 32.1. The van der Waals surface area contributed by atoms with Gasteiger partial charge in [-0.2, -0.15) is 0 Å². The Bertz CT molecular complexity index is 642. The van der Waals surface area contributed by atoms with Crippen molar-refractivity contribution in [3.63, 3.8) is 0 Å². The molecule has 0 aliphatic heterocycles. The molecule has 1 aliphatic carbocycles. The van der Waals surface area contributed by atoms with Crippen LogP contribution in [0.1, 0.15) is 68.5 Å². The molecular weight excluding hydrogens is 319 g/mol. The van der Waals surface area contributed by atoms with Crippen molar-refractivity contribution in [3.05, 3.63) is 65.3 Å². The maximum Gasteiger partial charge on any atom is 0.128 e. The van der Waals surface area contributed by atoms with Crippen molar-refractivity contribution in [2.75, 3.05) is 0 Å². The predicted molar refractivity (Wildman–Crippen MR) is 116 cm³/mol. The van der Waals surface area contributed by atoms with Gasteiger partial charge >= 0.3 is 0 Å². The first-order valence-corrected chi connectivity index (χ1v) is 10.2. The molecule has 133 valence electrons. The van der Waals surface area contributed by atoms with Crippen LogP contribution in [0.15, 0.2) is 53.5 Å². The van der Waals surface area contributed by atoms with Crippen molar-refractivity contribution in [1.82, 2.24) is 0 Å². The minimum Gasteiger partial charge on any atom is -0.143 e. The van der Waals surface area contributed by atoms with Gasteiger partial charge < -0.3 is 0 Å². The maximum atomic E-state index is 4.76. The van der Waals surface area contributed by atoms with Gasteiger partial charge in [0.2, 0.25) is 0 Å². The second-order valence-corrected chi connectivity index (χ2v) is 7.62. The maximum absolute atomic E-state index is 4.76. The summed E-state index contributed by atoms with van der Waals surface area (Å²) in [6.07, 6.45) is 15.7. The van der Waals surface area contributed by atoms with Gasteiger partial charge in [0.05, 0.1) is 0 Å². The monoisotopic (exact) mass is 351 g/mol. The largest absolute Gasteiger partial charge is 0.143 e. The Kier molecular flexibility index (Phi) is 8.16. The molecule has 0 aromatic heterocycles. The number of rotatable bonds is 9. The van der Waals surface area contributed by atoms with Gasteiger partial charge in [-0.1, -0.05) is 74.9 Å². The summed E-state index contributed by atoms with van der Waals surface area (Å²) in [7, 11) is 2.50. The van der Waals surface area contributed by atoms with Crippen molar-refractivity contribution in [3.8, 4) is 0 Å². The summed E-state index contributed by atoms with van der Waals surface area (Å²) >= 11 is 4.76. The molecule has 2 rings (SSSR count). The van der Waals surface area contributed by atoms with Crippen LogP contribution in [0.5, 0.6) is 0 Å². The van der Waals surface area contributed by atoms with Crippen LogP contribution in [0, 0.1) is 6.92 Å². The van der Waals surface area contributed by atoms with Gasteiger partial charge in [-0.3, -0.25) is 0 Å². The van der Waals surface area contributed by atoms with Crippen LogP contribution in [0.2, 0.25) is 5.82 Å². The molecule has 2 heteroatoms. The third kappa shape index (κ3) is 5.41. The van der Waals surface area contributed by atoms with E-state index in [1.165, 1.54) is 41.5 Å². The zero-order chi connectivity index (χ0) is 18.2. The van der Waals surface area contributed by atoms with Crippen LogP contribution in [-0.2, 0) is 6.42 Å². The Hall–Kier alpha value is -1.15. The van der Waals surface area contributed by atoms with E-state index < -0.39 is 0 Å². The van der Waals surface area contributed by atoms with Gasteiger partial charge in [-0.05, 0) is 54.8 Å². The molecule has 1 aromatic carbocycles. The van der Waals surface area contributed by atoms with E-state index in [1.54, 1.807) is 0 Å². The smallest absolute Gasteiger partial charge is 0.128 e. The molecule has 0 nitrogen and oxygen atoms in total. The van der Waals surface area contributed by atoms with E-state index in [1.807, 2.05) is 0 Å². The van der Waals surface area contributed by atoms with E-state index in [2.05, 4.69) is 71.1 Å². The molecule has 0 heterocycles. The average molecular weight is 351 g/mol. The molecule has 0 saturated carbocycles. The summed E-state index contributed by atoms with van der Waals surface area (Å²) in [4.78, 5) is 1.13. The average Bonchev–Trinajstić information content (AvgIpc) is 2.63. The van der Waals surface area contributed by atoms with E-state index >= 15 is 0 Å². The summed E-state index contributed by atoms with van der Waals surface area (Å²) in [5.41, 5.74) is 5.81. The quantitative estimate of drug-likeness (QED) is 0.275. The molecule has 0 bridgehead atoms. The number of benzene rings is 1. The van der Waals surface area contributed by atoms with Crippen molar-refractivity contribution >= 4 is 19.9 Å².